The number of rotatable bonds is 10. The molecule has 0 saturated heterocycles. The lowest BCUT2D eigenvalue weighted by Crippen LogP contribution is -2.29. The summed E-state index contributed by atoms with van der Waals surface area (Å²) >= 11 is 0. The molecule has 0 unspecified atom stereocenters. The second kappa shape index (κ2) is 11.0. The van der Waals surface area contributed by atoms with Crippen LogP contribution >= 0.6 is 0 Å². The van der Waals surface area contributed by atoms with Crippen LogP contribution in [-0.2, 0) is 14.8 Å². The minimum Gasteiger partial charge on any atom is -0.494 e. The molecule has 0 aliphatic carbocycles. The van der Waals surface area contributed by atoms with Gasteiger partial charge in [-0.05, 0) is 38.4 Å². The van der Waals surface area contributed by atoms with Crippen LogP contribution in [0, 0.1) is 0 Å². The van der Waals surface area contributed by atoms with Gasteiger partial charge in [0.1, 0.15) is 11.5 Å². The molecule has 0 spiro atoms. The zero-order valence-electron chi connectivity index (χ0n) is 21.6. The van der Waals surface area contributed by atoms with E-state index >= 15 is 0 Å². The van der Waals surface area contributed by atoms with Crippen molar-refractivity contribution in [2.24, 2.45) is 4.40 Å². The molecule has 4 rings (SSSR count). The molecule has 1 aliphatic heterocycles. The SMILES string of the molecule is C=CC(=O)Nc1cc(Nc2nccc(C3=NS(=O)(=O)c4ccccc43)n2)c(OC)cc1N(C)CCN(C)C. The van der Waals surface area contributed by atoms with Crippen LogP contribution in [0.4, 0.5) is 23.0 Å². The van der Waals surface area contributed by atoms with Crippen molar-refractivity contribution < 1.29 is 17.9 Å². The Kier molecular flexibility index (Phi) is 7.74. The highest BCUT2D eigenvalue weighted by molar-refractivity contribution is 7.90. The third-order valence-electron chi connectivity index (χ3n) is 5.83. The van der Waals surface area contributed by atoms with Gasteiger partial charge in [-0.2, -0.15) is 12.8 Å². The molecule has 1 amide bonds. The monoisotopic (exact) mass is 535 g/mol. The summed E-state index contributed by atoms with van der Waals surface area (Å²) in [6.45, 7) is 5.05. The predicted octanol–water partition coefficient (Wildman–Crippen LogP) is 2.89. The molecule has 0 fully saturated rings. The Morgan fingerprint density at radius 1 is 1.11 bits per heavy atom. The highest BCUT2D eigenvalue weighted by atomic mass is 32.2. The van der Waals surface area contributed by atoms with Crippen molar-refractivity contribution in [1.82, 2.24) is 14.9 Å². The molecular formula is C26H29N7O4S. The fraction of sp³-hybridized carbons (Fsp3) is 0.231. The van der Waals surface area contributed by atoms with Crippen LogP contribution in [0.5, 0.6) is 5.75 Å². The van der Waals surface area contributed by atoms with Crippen LogP contribution in [0.1, 0.15) is 11.3 Å². The van der Waals surface area contributed by atoms with E-state index < -0.39 is 10.0 Å². The normalized spacial score (nSPS) is 13.4. The van der Waals surface area contributed by atoms with Gasteiger partial charge in [-0.3, -0.25) is 4.79 Å². The highest BCUT2D eigenvalue weighted by Crippen LogP contribution is 2.38. The molecule has 3 aromatic rings. The minimum atomic E-state index is -3.80. The number of anilines is 4. The van der Waals surface area contributed by atoms with Gasteiger partial charge in [0.15, 0.2) is 0 Å². The van der Waals surface area contributed by atoms with Gasteiger partial charge in [-0.15, -0.1) is 0 Å². The first-order valence-electron chi connectivity index (χ1n) is 11.7. The van der Waals surface area contributed by atoms with Crippen molar-refractivity contribution in [3.63, 3.8) is 0 Å². The molecule has 1 aliphatic rings. The summed E-state index contributed by atoms with van der Waals surface area (Å²) in [6, 6.07) is 11.7. The zero-order valence-corrected chi connectivity index (χ0v) is 22.4. The van der Waals surface area contributed by atoms with Gasteiger partial charge in [0.05, 0.1) is 34.8 Å². The van der Waals surface area contributed by atoms with E-state index in [0.717, 1.165) is 12.2 Å². The summed E-state index contributed by atoms with van der Waals surface area (Å²) in [5.74, 6) is 0.328. The molecule has 1 aromatic heterocycles. The summed E-state index contributed by atoms with van der Waals surface area (Å²) in [5, 5.41) is 5.97. The van der Waals surface area contributed by atoms with Crippen molar-refractivity contribution in [1.29, 1.82) is 0 Å². The van der Waals surface area contributed by atoms with E-state index in [2.05, 4.69) is 36.5 Å². The Hall–Kier alpha value is -4.29. The number of sulfonamides is 1. The summed E-state index contributed by atoms with van der Waals surface area (Å²) in [7, 11) is 3.64. The Balaban J connectivity index is 1.71. The predicted molar refractivity (Wildman–Crippen MR) is 148 cm³/mol. The van der Waals surface area contributed by atoms with E-state index in [1.54, 1.807) is 37.4 Å². The van der Waals surface area contributed by atoms with Gasteiger partial charge >= 0.3 is 0 Å². The fourth-order valence-corrected chi connectivity index (χ4v) is 5.09. The minimum absolute atomic E-state index is 0.140. The number of hydrogen-bond donors (Lipinski definition) is 2. The van der Waals surface area contributed by atoms with E-state index in [1.807, 2.05) is 32.1 Å². The van der Waals surface area contributed by atoms with Crippen LogP contribution < -0.4 is 20.3 Å². The zero-order chi connectivity index (χ0) is 27.4. The van der Waals surface area contributed by atoms with Crippen LogP contribution in [0.3, 0.4) is 0 Å². The summed E-state index contributed by atoms with van der Waals surface area (Å²) < 4.78 is 34.6. The Morgan fingerprint density at radius 3 is 2.58 bits per heavy atom. The van der Waals surface area contributed by atoms with Crippen molar-refractivity contribution in [2.75, 3.05) is 56.9 Å². The van der Waals surface area contributed by atoms with Gasteiger partial charge in [-0.25, -0.2) is 9.97 Å². The molecule has 198 valence electrons. The van der Waals surface area contributed by atoms with Crippen LogP contribution in [0.15, 0.2) is 70.6 Å². The van der Waals surface area contributed by atoms with E-state index in [4.69, 9.17) is 4.74 Å². The van der Waals surface area contributed by atoms with E-state index in [1.165, 1.54) is 18.3 Å². The molecule has 2 heterocycles. The molecule has 0 atom stereocenters. The highest BCUT2D eigenvalue weighted by Gasteiger charge is 2.30. The van der Waals surface area contributed by atoms with Crippen LogP contribution in [-0.4, -0.2) is 76.2 Å². The topological polar surface area (TPSA) is 129 Å². The number of nitrogens with zero attached hydrogens (tertiary/aromatic N) is 5. The fourth-order valence-electron chi connectivity index (χ4n) is 3.87. The number of methoxy groups -OCH3 is 1. The maximum absolute atomic E-state index is 12.5. The molecule has 2 aromatic carbocycles. The summed E-state index contributed by atoms with van der Waals surface area (Å²) in [6.07, 6.45) is 2.71. The van der Waals surface area contributed by atoms with Gasteiger partial charge in [0.25, 0.3) is 10.0 Å². The summed E-state index contributed by atoms with van der Waals surface area (Å²) in [5.41, 5.74) is 2.85. The third kappa shape index (κ3) is 5.66. The van der Waals surface area contributed by atoms with Crippen molar-refractivity contribution in [3.05, 3.63) is 72.6 Å². The van der Waals surface area contributed by atoms with Crippen LogP contribution in [0.25, 0.3) is 0 Å². The largest absolute Gasteiger partial charge is 0.494 e. The number of ether oxygens (including phenoxy) is 1. The van der Waals surface area contributed by atoms with Gasteiger partial charge < -0.3 is 25.2 Å². The first-order chi connectivity index (χ1) is 18.1. The van der Waals surface area contributed by atoms with E-state index in [9.17, 15) is 13.2 Å². The van der Waals surface area contributed by atoms with Gasteiger partial charge in [-0.1, -0.05) is 24.8 Å². The van der Waals surface area contributed by atoms with Gasteiger partial charge in [0, 0.05) is 38.0 Å². The number of benzene rings is 2. The molecule has 2 N–H and O–H groups in total. The molecular weight excluding hydrogens is 506 g/mol. The quantitative estimate of drug-likeness (QED) is 0.377. The Morgan fingerprint density at radius 2 is 1.87 bits per heavy atom. The molecule has 38 heavy (non-hydrogen) atoms. The number of fused-ring (bicyclic) bond motifs is 1. The first kappa shape index (κ1) is 26.8. The molecule has 0 bridgehead atoms. The smallest absolute Gasteiger partial charge is 0.283 e. The number of likely N-dealkylation sites (N-methyl/N-ethyl adjacent to an activating group) is 2. The van der Waals surface area contributed by atoms with E-state index in [-0.39, 0.29) is 22.5 Å². The lowest BCUT2D eigenvalue weighted by Gasteiger charge is -2.26. The number of amides is 1. The molecule has 0 saturated carbocycles. The van der Waals surface area contributed by atoms with Crippen LogP contribution in [0.2, 0.25) is 0 Å². The Labute approximate surface area is 221 Å². The summed E-state index contributed by atoms with van der Waals surface area (Å²) in [4.78, 5) is 25.2. The number of aromatic nitrogens is 2. The standard InChI is InChI=1S/C26H29N7O4S/c1-6-24(34)28-19-15-20(22(37-5)16-21(19)33(4)14-13-32(2)3)30-26-27-12-11-18(29-26)25-17-9-7-8-10-23(17)38(35,36)31-25/h6-12,15-16H,1,13-14H2,2-5H3,(H,28,34)(H,27,29,30). The van der Waals surface area contributed by atoms with Crippen molar-refractivity contribution in [3.8, 4) is 5.75 Å². The lowest BCUT2D eigenvalue weighted by atomic mass is 10.1. The number of nitrogens with one attached hydrogen (secondary N) is 2. The number of carbonyl (C=O) groups excluding carboxylic acids is 1. The second-order valence-corrected chi connectivity index (χ2v) is 10.4. The molecule has 11 nitrogen and oxygen atoms in total. The first-order valence-corrected chi connectivity index (χ1v) is 13.1. The maximum atomic E-state index is 12.5. The average Bonchev–Trinajstić information content (AvgIpc) is 3.18. The lowest BCUT2D eigenvalue weighted by molar-refractivity contribution is -0.111. The second-order valence-electron chi connectivity index (χ2n) is 8.79. The van der Waals surface area contributed by atoms with Crippen molar-refractivity contribution >= 4 is 44.7 Å². The maximum Gasteiger partial charge on any atom is 0.283 e. The van der Waals surface area contributed by atoms with E-state index in [0.29, 0.717) is 34.9 Å². The van der Waals surface area contributed by atoms with Crippen molar-refractivity contribution in [2.45, 2.75) is 4.90 Å². The van der Waals surface area contributed by atoms with Gasteiger partial charge in [0.2, 0.25) is 11.9 Å². The Bertz CT molecular complexity index is 1520. The number of hydrogen-bond acceptors (Lipinski definition) is 9. The molecule has 12 heteroatoms. The number of carbonyl (C=O) groups is 1. The molecule has 0 radical (unpaired) electrons. The average molecular weight is 536 g/mol. The third-order valence-corrected chi connectivity index (χ3v) is 7.17.